The zero-order valence-corrected chi connectivity index (χ0v) is 14.2. The van der Waals surface area contributed by atoms with Gasteiger partial charge >= 0.3 is 5.63 Å². The Balaban J connectivity index is 1.81. The van der Waals surface area contributed by atoms with Crippen molar-refractivity contribution in [2.24, 2.45) is 0 Å². The molecule has 0 unspecified atom stereocenters. The summed E-state index contributed by atoms with van der Waals surface area (Å²) >= 11 is 1.75. The van der Waals surface area contributed by atoms with Gasteiger partial charge in [-0.15, -0.1) is 11.3 Å². The average Bonchev–Trinajstić information content (AvgIpc) is 3.07. The molecular weight excluding hydrogens is 318 g/mol. The van der Waals surface area contributed by atoms with Gasteiger partial charge in [0.2, 0.25) is 0 Å². The van der Waals surface area contributed by atoms with Gasteiger partial charge < -0.3 is 4.42 Å². The normalized spacial score (nSPS) is 11.6. The van der Waals surface area contributed by atoms with Crippen LogP contribution in [0.5, 0.6) is 0 Å². The molecule has 0 aliphatic rings. The van der Waals surface area contributed by atoms with Gasteiger partial charge in [0.15, 0.2) is 0 Å². The van der Waals surface area contributed by atoms with E-state index in [1.54, 1.807) is 17.4 Å². The summed E-state index contributed by atoms with van der Waals surface area (Å²) in [6.45, 7) is 1.57. The first kappa shape index (κ1) is 15.1. The first-order valence-electron chi connectivity index (χ1n) is 7.86. The molecule has 24 heavy (non-hydrogen) atoms. The molecule has 0 spiro atoms. The van der Waals surface area contributed by atoms with Crippen LogP contribution in [0.1, 0.15) is 10.4 Å². The number of benzene rings is 2. The van der Waals surface area contributed by atoms with Gasteiger partial charge in [0.25, 0.3) is 0 Å². The van der Waals surface area contributed by atoms with Crippen LogP contribution in [-0.2, 0) is 13.1 Å². The molecule has 0 saturated heterocycles. The quantitative estimate of drug-likeness (QED) is 0.402. The molecule has 0 saturated carbocycles. The zero-order valence-electron chi connectivity index (χ0n) is 13.4. The molecule has 4 aromatic rings. The molecule has 0 N–H and O–H groups in total. The summed E-state index contributed by atoms with van der Waals surface area (Å²) in [4.78, 5) is 15.5. The molecule has 0 amide bonds. The highest BCUT2D eigenvalue weighted by Gasteiger charge is 2.12. The van der Waals surface area contributed by atoms with Crippen LogP contribution in [0.25, 0.3) is 21.7 Å². The van der Waals surface area contributed by atoms with Crippen LogP contribution < -0.4 is 5.63 Å². The van der Waals surface area contributed by atoms with Crippen molar-refractivity contribution in [2.75, 3.05) is 7.05 Å². The molecular formula is C20H17NO2S. The molecule has 4 rings (SSSR count). The van der Waals surface area contributed by atoms with Crippen LogP contribution in [0, 0.1) is 0 Å². The summed E-state index contributed by atoms with van der Waals surface area (Å²) in [5.74, 6) is 0. The lowest BCUT2D eigenvalue weighted by molar-refractivity contribution is 0.322. The van der Waals surface area contributed by atoms with Crippen molar-refractivity contribution >= 4 is 33.1 Å². The highest BCUT2D eigenvalue weighted by Crippen LogP contribution is 2.28. The number of hydrogen-bond donors (Lipinski definition) is 0. The van der Waals surface area contributed by atoms with E-state index in [1.807, 2.05) is 24.3 Å². The predicted octanol–water partition coefficient (Wildman–Crippen LogP) is 4.64. The van der Waals surface area contributed by atoms with Gasteiger partial charge in [-0.1, -0.05) is 36.4 Å². The Hall–Kier alpha value is -2.43. The zero-order chi connectivity index (χ0) is 16.5. The molecule has 3 nitrogen and oxygen atoms in total. The van der Waals surface area contributed by atoms with E-state index >= 15 is 0 Å². The highest BCUT2D eigenvalue weighted by molar-refractivity contribution is 7.09. The summed E-state index contributed by atoms with van der Waals surface area (Å²) in [6.07, 6.45) is 0. The van der Waals surface area contributed by atoms with Gasteiger partial charge in [-0.05, 0) is 40.9 Å². The second-order valence-electron chi connectivity index (χ2n) is 6.00. The Labute approximate surface area is 143 Å². The van der Waals surface area contributed by atoms with E-state index in [-0.39, 0.29) is 5.63 Å². The van der Waals surface area contributed by atoms with Crippen LogP contribution in [0.3, 0.4) is 0 Å². The first-order valence-corrected chi connectivity index (χ1v) is 8.74. The molecule has 0 aliphatic heterocycles. The van der Waals surface area contributed by atoms with Crippen LogP contribution in [-0.4, -0.2) is 11.9 Å². The van der Waals surface area contributed by atoms with Crippen molar-refractivity contribution in [2.45, 2.75) is 13.1 Å². The Kier molecular flexibility index (Phi) is 3.92. The fourth-order valence-corrected chi connectivity index (χ4v) is 3.94. The summed E-state index contributed by atoms with van der Waals surface area (Å²) in [6, 6.07) is 17.9. The predicted molar refractivity (Wildman–Crippen MR) is 99.5 cm³/mol. The maximum Gasteiger partial charge on any atom is 0.336 e. The summed E-state index contributed by atoms with van der Waals surface area (Å²) in [7, 11) is 2.07. The van der Waals surface area contributed by atoms with Crippen molar-refractivity contribution in [1.29, 1.82) is 0 Å². The third-order valence-corrected chi connectivity index (χ3v) is 5.02. The lowest BCUT2D eigenvalue weighted by atomic mass is 10.0. The molecule has 0 bridgehead atoms. The first-order chi connectivity index (χ1) is 11.7. The topological polar surface area (TPSA) is 33.5 Å². The van der Waals surface area contributed by atoms with E-state index in [0.717, 1.165) is 28.3 Å². The number of rotatable bonds is 4. The standard InChI is InChI=1S/C20H17NO2S/c1-21(13-16-6-4-10-24-16)12-15-11-19(22)23-18-9-8-14-5-2-3-7-17(14)20(15)18/h2-11H,12-13H2,1H3. The lowest BCUT2D eigenvalue weighted by Gasteiger charge is -2.17. The second kappa shape index (κ2) is 6.23. The minimum Gasteiger partial charge on any atom is -0.423 e. The highest BCUT2D eigenvalue weighted by atomic mass is 32.1. The monoisotopic (exact) mass is 335 g/mol. The van der Waals surface area contributed by atoms with Crippen LogP contribution in [0.2, 0.25) is 0 Å². The number of thiophene rings is 1. The van der Waals surface area contributed by atoms with Crippen LogP contribution >= 0.6 is 11.3 Å². The third-order valence-electron chi connectivity index (χ3n) is 4.16. The third kappa shape index (κ3) is 2.86. The molecule has 2 heterocycles. The second-order valence-corrected chi connectivity index (χ2v) is 7.03. The van der Waals surface area contributed by atoms with E-state index in [9.17, 15) is 4.79 Å². The van der Waals surface area contributed by atoms with E-state index in [2.05, 4.69) is 41.6 Å². The average molecular weight is 335 g/mol. The number of fused-ring (bicyclic) bond motifs is 3. The Morgan fingerprint density at radius 1 is 1.04 bits per heavy atom. The van der Waals surface area contributed by atoms with Crippen molar-refractivity contribution in [3.8, 4) is 0 Å². The van der Waals surface area contributed by atoms with Crippen LogP contribution in [0.15, 0.2) is 69.2 Å². The fraction of sp³-hybridized carbons (Fsp3) is 0.150. The number of hydrogen-bond acceptors (Lipinski definition) is 4. The summed E-state index contributed by atoms with van der Waals surface area (Å²) in [5, 5.41) is 5.40. The van der Waals surface area contributed by atoms with Gasteiger partial charge in [0.05, 0.1) is 0 Å². The molecule has 0 radical (unpaired) electrons. The Bertz CT molecular complexity index is 1050. The van der Waals surface area contributed by atoms with Crippen molar-refractivity contribution in [3.05, 3.63) is 80.8 Å². The molecule has 4 heteroatoms. The van der Waals surface area contributed by atoms with Crippen molar-refractivity contribution in [3.63, 3.8) is 0 Å². The minimum atomic E-state index is -0.294. The lowest BCUT2D eigenvalue weighted by Crippen LogP contribution is -2.18. The Morgan fingerprint density at radius 2 is 1.92 bits per heavy atom. The SMILES string of the molecule is CN(Cc1cccs1)Cc1cc(=O)oc2ccc3ccccc3c12. The van der Waals surface area contributed by atoms with Gasteiger partial charge in [-0.2, -0.15) is 0 Å². The smallest absolute Gasteiger partial charge is 0.336 e. The van der Waals surface area contributed by atoms with E-state index in [0.29, 0.717) is 12.1 Å². The van der Waals surface area contributed by atoms with E-state index in [4.69, 9.17) is 4.42 Å². The van der Waals surface area contributed by atoms with Gasteiger partial charge in [-0.3, -0.25) is 4.90 Å². The molecule has 2 aromatic carbocycles. The molecule has 0 atom stereocenters. The Morgan fingerprint density at radius 3 is 2.75 bits per heavy atom. The summed E-state index contributed by atoms with van der Waals surface area (Å²) in [5.41, 5.74) is 1.37. The van der Waals surface area contributed by atoms with Gasteiger partial charge in [0, 0.05) is 29.4 Å². The molecule has 120 valence electrons. The van der Waals surface area contributed by atoms with Gasteiger partial charge in [-0.25, -0.2) is 4.79 Å². The maximum absolute atomic E-state index is 12.0. The fourth-order valence-electron chi connectivity index (χ4n) is 3.16. The van der Waals surface area contributed by atoms with Crippen LogP contribution in [0.4, 0.5) is 0 Å². The van der Waals surface area contributed by atoms with E-state index in [1.165, 1.54) is 4.88 Å². The largest absolute Gasteiger partial charge is 0.423 e. The minimum absolute atomic E-state index is 0.294. The van der Waals surface area contributed by atoms with Crippen molar-refractivity contribution in [1.82, 2.24) is 4.90 Å². The maximum atomic E-state index is 12.0. The van der Waals surface area contributed by atoms with Crippen molar-refractivity contribution < 1.29 is 4.42 Å². The molecule has 2 aromatic heterocycles. The van der Waals surface area contributed by atoms with E-state index < -0.39 is 0 Å². The number of nitrogens with zero attached hydrogens (tertiary/aromatic N) is 1. The van der Waals surface area contributed by atoms with Gasteiger partial charge in [0.1, 0.15) is 5.58 Å². The summed E-state index contributed by atoms with van der Waals surface area (Å²) < 4.78 is 5.43. The molecule has 0 aliphatic carbocycles. The molecule has 0 fully saturated rings.